The van der Waals surface area contributed by atoms with Crippen LogP contribution in [0.5, 0.6) is 5.75 Å². The van der Waals surface area contributed by atoms with Crippen molar-refractivity contribution in [1.29, 1.82) is 0 Å². The Kier molecular flexibility index (Phi) is 4.58. The Balaban J connectivity index is 1.96. The Labute approximate surface area is 143 Å². The van der Waals surface area contributed by atoms with Gasteiger partial charge in [-0.2, -0.15) is 0 Å². The lowest BCUT2D eigenvalue weighted by Gasteiger charge is -2.12. The summed E-state index contributed by atoms with van der Waals surface area (Å²) in [6.45, 7) is 10.2. The third-order valence-electron chi connectivity index (χ3n) is 4.71. The summed E-state index contributed by atoms with van der Waals surface area (Å²) < 4.78 is 8.23. The van der Waals surface area contributed by atoms with Crippen LogP contribution < -0.4 is 10.5 Å². The molecule has 2 aromatic carbocycles. The summed E-state index contributed by atoms with van der Waals surface area (Å²) in [4.78, 5) is 4.78. The van der Waals surface area contributed by atoms with Crippen LogP contribution in [0.1, 0.15) is 28.1 Å². The molecule has 24 heavy (non-hydrogen) atoms. The molecule has 0 aliphatic heterocycles. The minimum Gasteiger partial charge on any atom is -0.485 e. The zero-order chi connectivity index (χ0) is 17.3. The third-order valence-corrected chi connectivity index (χ3v) is 4.71. The highest BCUT2D eigenvalue weighted by atomic mass is 16.5. The molecule has 0 saturated carbocycles. The predicted molar refractivity (Wildman–Crippen MR) is 98.5 cm³/mol. The van der Waals surface area contributed by atoms with Gasteiger partial charge < -0.3 is 15.0 Å². The van der Waals surface area contributed by atoms with Gasteiger partial charge >= 0.3 is 0 Å². The molecule has 0 aliphatic rings. The van der Waals surface area contributed by atoms with E-state index in [1.807, 2.05) is 12.1 Å². The molecule has 0 fully saturated rings. The van der Waals surface area contributed by atoms with Crippen LogP contribution in [-0.4, -0.2) is 16.1 Å². The van der Waals surface area contributed by atoms with Crippen LogP contribution in [0.4, 0.5) is 0 Å². The fourth-order valence-electron chi connectivity index (χ4n) is 2.94. The topological polar surface area (TPSA) is 53.1 Å². The molecule has 1 aromatic heterocycles. The summed E-state index contributed by atoms with van der Waals surface area (Å²) in [5.74, 6) is 1.83. The van der Waals surface area contributed by atoms with Gasteiger partial charge in [0, 0.05) is 13.1 Å². The van der Waals surface area contributed by atoms with Crippen LogP contribution in [0.3, 0.4) is 0 Å². The number of imidazole rings is 1. The Morgan fingerprint density at radius 2 is 1.79 bits per heavy atom. The molecule has 0 unspecified atom stereocenters. The van der Waals surface area contributed by atoms with Gasteiger partial charge in [0.2, 0.25) is 0 Å². The van der Waals surface area contributed by atoms with Crippen molar-refractivity contribution < 1.29 is 4.74 Å². The maximum atomic E-state index is 6.06. The van der Waals surface area contributed by atoms with E-state index < -0.39 is 0 Å². The molecule has 1 heterocycles. The van der Waals surface area contributed by atoms with Crippen LogP contribution in [-0.2, 0) is 13.2 Å². The summed E-state index contributed by atoms with van der Waals surface area (Å²) in [6, 6.07) is 10.4. The van der Waals surface area contributed by atoms with Crippen LogP contribution in [0.2, 0.25) is 0 Å². The largest absolute Gasteiger partial charge is 0.485 e. The molecule has 0 amide bonds. The lowest BCUT2D eigenvalue weighted by molar-refractivity contribution is 0.288. The average Bonchev–Trinajstić information content (AvgIpc) is 2.87. The normalized spacial score (nSPS) is 11.2. The van der Waals surface area contributed by atoms with E-state index in [4.69, 9.17) is 15.5 Å². The molecule has 4 nitrogen and oxygen atoms in total. The molecule has 0 radical (unpaired) electrons. The molecule has 0 atom stereocenters. The van der Waals surface area contributed by atoms with E-state index in [1.165, 1.54) is 22.3 Å². The van der Waals surface area contributed by atoms with Crippen molar-refractivity contribution in [1.82, 2.24) is 9.55 Å². The number of rotatable bonds is 5. The average molecular weight is 323 g/mol. The lowest BCUT2D eigenvalue weighted by atomic mass is 10.1. The number of nitrogens with zero attached hydrogens (tertiary/aromatic N) is 2. The van der Waals surface area contributed by atoms with Crippen molar-refractivity contribution in [3.63, 3.8) is 0 Å². The van der Waals surface area contributed by atoms with E-state index in [1.54, 1.807) is 0 Å². The molecule has 3 rings (SSSR count). The van der Waals surface area contributed by atoms with Crippen molar-refractivity contribution in [3.05, 3.63) is 58.4 Å². The van der Waals surface area contributed by atoms with Gasteiger partial charge in [-0.1, -0.05) is 12.1 Å². The minimum atomic E-state index is 0.442. The van der Waals surface area contributed by atoms with E-state index in [-0.39, 0.29) is 0 Å². The molecule has 4 heteroatoms. The molecule has 0 spiro atoms. The number of nitrogens with two attached hydrogens (primary N) is 1. The molecule has 0 bridgehead atoms. The summed E-state index contributed by atoms with van der Waals surface area (Å²) in [5, 5.41) is 0. The van der Waals surface area contributed by atoms with E-state index in [2.05, 4.69) is 50.5 Å². The van der Waals surface area contributed by atoms with E-state index in [0.717, 1.165) is 29.2 Å². The van der Waals surface area contributed by atoms with Gasteiger partial charge in [-0.25, -0.2) is 4.98 Å². The van der Waals surface area contributed by atoms with E-state index in [9.17, 15) is 0 Å². The number of benzene rings is 2. The second kappa shape index (κ2) is 6.65. The van der Waals surface area contributed by atoms with Crippen LogP contribution in [0, 0.1) is 27.7 Å². The standard InChI is InChI=1S/C20H25N3O/c1-13-6-5-7-19(16(13)4)24-12-20-22-17-10-14(2)15(3)11-18(17)23(20)9-8-21/h5-7,10-11H,8-9,12,21H2,1-4H3. The number of ether oxygens (including phenoxy) is 1. The monoisotopic (exact) mass is 323 g/mol. The zero-order valence-electron chi connectivity index (χ0n) is 14.9. The quantitative estimate of drug-likeness (QED) is 0.777. The fraction of sp³-hybridized carbons (Fsp3) is 0.350. The van der Waals surface area contributed by atoms with Crippen LogP contribution in [0.25, 0.3) is 11.0 Å². The van der Waals surface area contributed by atoms with Gasteiger partial charge in [0.1, 0.15) is 18.2 Å². The van der Waals surface area contributed by atoms with Gasteiger partial charge in [-0.3, -0.25) is 0 Å². The Hall–Kier alpha value is -2.33. The van der Waals surface area contributed by atoms with Gasteiger partial charge in [0.05, 0.1) is 11.0 Å². The summed E-state index contributed by atoms with van der Waals surface area (Å²) >= 11 is 0. The SMILES string of the molecule is Cc1cc2nc(COc3cccc(C)c3C)n(CCN)c2cc1C. The molecule has 2 N–H and O–H groups in total. The zero-order valence-corrected chi connectivity index (χ0v) is 14.9. The number of aryl methyl sites for hydroxylation is 3. The highest BCUT2D eigenvalue weighted by Crippen LogP contribution is 2.24. The predicted octanol–water partition coefficient (Wildman–Crippen LogP) is 3.81. The van der Waals surface area contributed by atoms with Gasteiger partial charge in [0.25, 0.3) is 0 Å². The summed E-state index contributed by atoms with van der Waals surface area (Å²) in [5.41, 5.74) is 12.9. The Morgan fingerprint density at radius 3 is 2.54 bits per heavy atom. The van der Waals surface area contributed by atoms with Crippen molar-refractivity contribution in [2.45, 2.75) is 40.8 Å². The maximum Gasteiger partial charge on any atom is 0.148 e. The van der Waals surface area contributed by atoms with E-state index in [0.29, 0.717) is 13.2 Å². The van der Waals surface area contributed by atoms with Gasteiger partial charge in [0.15, 0.2) is 0 Å². The molecule has 0 saturated heterocycles. The molecular weight excluding hydrogens is 298 g/mol. The molecule has 126 valence electrons. The summed E-state index contributed by atoms with van der Waals surface area (Å²) in [7, 11) is 0. The summed E-state index contributed by atoms with van der Waals surface area (Å²) in [6.07, 6.45) is 0. The fourth-order valence-corrected chi connectivity index (χ4v) is 2.94. The first-order valence-corrected chi connectivity index (χ1v) is 8.36. The second-order valence-corrected chi connectivity index (χ2v) is 6.38. The first-order valence-electron chi connectivity index (χ1n) is 8.36. The molecular formula is C20H25N3O. The van der Waals surface area contributed by atoms with Crippen LogP contribution >= 0.6 is 0 Å². The number of fused-ring (bicyclic) bond motifs is 1. The first kappa shape index (κ1) is 16.5. The lowest BCUT2D eigenvalue weighted by Crippen LogP contribution is -2.14. The Morgan fingerprint density at radius 1 is 1.04 bits per heavy atom. The second-order valence-electron chi connectivity index (χ2n) is 6.38. The van der Waals surface area contributed by atoms with Crippen molar-refractivity contribution in [2.75, 3.05) is 6.54 Å². The van der Waals surface area contributed by atoms with Gasteiger partial charge in [-0.05, 0) is 68.1 Å². The third kappa shape index (κ3) is 3.02. The Bertz CT molecular complexity index is 880. The van der Waals surface area contributed by atoms with Crippen molar-refractivity contribution in [3.8, 4) is 5.75 Å². The minimum absolute atomic E-state index is 0.442. The van der Waals surface area contributed by atoms with Crippen LogP contribution in [0.15, 0.2) is 30.3 Å². The highest BCUT2D eigenvalue weighted by Gasteiger charge is 2.13. The van der Waals surface area contributed by atoms with Crippen molar-refractivity contribution >= 4 is 11.0 Å². The smallest absolute Gasteiger partial charge is 0.148 e. The molecule has 0 aliphatic carbocycles. The number of hydrogen-bond donors (Lipinski definition) is 1. The highest BCUT2D eigenvalue weighted by molar-refractivity contribution is 5.78. The first-order chi connectivity index (χ1) is 11.5. The maximum absolute atomic E-state index is 6.06. The number of aromatic nitrogens is 2. The number of hydrogen-bond acceptors (Lipinski definition) is 3. The van der Waals surface area contributed by atoms with Crippen molar-refractivity contribution in [2.24, 2.45) is 5.73 Å². The van der Waals surface area contributed by atoms with E-state index >= 15 is 0 Å². The van der Waals surface area contributed by atoms with Gasteiger partial charge in [-0.15, -0.1) is 0 Å². The molecule has 3 aromatic rings.